The maximum atomic E-state index is 7.28. The van der Waals surface area contributed by atoms with Gasteiger partial charge < -0.3 is 61.6 Å². The summed E-state index contributed by atoms with van der Waals surface area (Å²) in [5.41, 5.74) is 5.08. The van der Waals surface area contributed by atoms with Crippen LogP contribution in [-0.2, 0) is 50.0 Å². The van der Waals surface area contributed by atoms with Crippen LogP contribution in [0, 0.1) is 5.41 Å². The summed E-state index contributed by atoms with van der Waals surface area (Å²) in [5.74, 6) is 4.54. The van der Waals surface area contributed by atoms with E-state index in [0.717, 1.165) is 97.4 Å². The molecule has 0 heterocycles. The molecule has 0 spiro atoms. The lowest BCUT2D eigenvalue weighted by atomic mass is 9.80. The van der Waals surface area contributed by atoms with Crippen LogP contribution in [0.5, 0.6) is 34.5 Å². The Bertz CT molecular complexity index is 3110. The highest BCUT2D eigenvalue weighted by Crippen LogP contribution is 2.45. The average molecular weight is 1330 g/mol. The second kappa shape index (κ2) is 38.6. The van der Waals surface area contributed by atoms with Crippen molar-refractivity contribution in [3.63, 3.8) is 0 Å². The molecule has 0 aliphatic rings. The molecule has 0 aliphatic heterocycles. The van der Waals surface area contributed by atoms with E-state index < -0.39 is 22.2 Å². The van der Waals surface area contributed by atoms with Gasteiger partial charge in [-0.15, -0.1) is 0 Å². The van der Waals surface area contributed by atoms with Gasteiger partial charge in [0.15, 0.2) is 0 Å². The Morgan fingerprint density at radius 1 is 0.214 bits per heavy atom. The molecule has 98 heavy (non-hydrogen) atoms. The maximum Gasteiger partial charge on any atom is 0.143 e. The molecule has 0 unspecified atom stereocenters. The van der Waals surface area contributed by atoms with Crippen LogP contribution in [0.2, 0.25) is 0 Å². The van der Waals surface area contributed by atoms with E-state index in [2.05, 4.69) is 116 Å². The van der Waals surface area contributed by atoms with E-state index in [4.69, 9.17) is 61.6 Å². The Labute approximate surface area is 582 Å². The van der Waals surface area contributed by atoms with Crippen molar-refractivity contribution < 1.29 is 61.6 Å². The summed E-state index contributed by atoms with van der Waals surface area (Å²) in [6.45, 7) is 6.42. The number of unbranched alkanes of at least 4 members (excludes halogenated alkanes) is 5. The summed E-state index contributed by atoms with van der Waals surface area (Å²) in [7, 11) is 10.1. The SMILES string of the molecule is CCCCCCCCOCC(COCCCOC(c1ccccc1)(c1ccc(OC)cc1)c1ccc(OC)cc1)(COCCCOC(c1ccccc1)(c1ccc(OC)cc1)c1ccc(OC)cc1)COCCCOC(c1ccccc1)(c1ccc(OC)cc1)c1ccc(OC)cc1. The molecule has 13 heteroatoms. The number of hydrogen-bond donors (Lipinski definition) is 0. The normalized spacial score (nSPS) is 11.9. The first-order valence-electron chi connectivity index (χ1n) is 34.5. The summed E-state index contributed by atoms with van der Waals surface area (Å²) in [6, 6.07) is 79.8. The zero-order valence-corrected chi connectivity index (χ0v) is 58.5. The van der Waals surface area contributed by atoms with E-state index in [0.29, 0.717) is 91.9 Å². The van der Waals surface area contributed by atoms with Crippen molar-refractivity contribution in [3.8, 4) is 34.5 Å². The van der Waals surface area contributed by atoms with Crippen molar-refractivity contribution in [2.75, 3.05) is 115 Å². The molecule has 0 amide bonds. The molecule has 0 saturated heterocycles. The molecule has 0 N–H and O–H groups in total. The standard InChI is InChI=1S/C85H100O13/c1-8-9-10-11-12-22-56-92-63-82(64-93-57-23-60-96-83(67-26-16-13-17-27-67,70-32-44-76(86-2)45-33-70)71-34-46-77(87-3)47-35-71,65-94-58-24-61-97-84(68-28-18-14-19-29-68,72-36-48-78(88-4)49-37-72)73-38-50-79(89-5)51-39-73)66-95-59-25-62-98-85(69-30-20-15-21-31-69,74-40-52-80(90-6)53-41-74)75-42-54-81(91-7)55-43-75/h13-21,26-55H,8-12,22-25,56-66H2,1-7H3. The van der Waals surface area contributed by atoms with Gasteiger partial charge in [-0.25, -0.2) is 0 Å². The van der Waals surface area contributed by atoms with Crippen molar-refractivity contribution in [2.45, 2.75) is 81.5 Å². The molecule has 0 aliphatic carbocycles. The number of methoxy groups -OCH3 is 6. The first kappa shape index (κ1) is 73.7. The molecule has 0 fully saturated rings. The van der Waals surface area contributed by atoms with Crippen LogP contribution < -0.4 is 28.4 Å². The maximum absolute atomic E-state index is 7.28. The fourth-order valence-corrected chi connectivity index (χ4v) is 12.8. The van der Waals surface area contributed by atoms with Crippen molar-refractivity contribution in [2.24, 2.45) is 5.41 Å². The molecule has 0 atom stereocenters. The highest BCUT2D eigenvalue weighted by atomic mass is 16.5. The number of rotatable bonds is 45. The molecule has 13 nitrogen and oxygen atoms in total. The lowest BCUT2D eigenvalue weighted by Gasteiger charge is -2.36. The molecular formula is C85H100O13. The van der Waals surface area contributed by atoms with Crippen LogP contribution in [-0.4, -0.2) is 115 Å². The van der Waals surface area contributed by atoms with Crippen molar-refractivity contribution in [3.05, 3.63) is 287 Å². The highest BCUT2D eigenvalue weighted by molar-refractivity contribution is 5.53. The van der Waals surface area contributed by atoms with Crippen LogP contribution in [0.25, 0.3) is 0 Å². The van der Waals surface area contributed by atoms with Gasteiger partial charge >= 0.3 is 0 Å². The summed E-state index contributed by atoms with van der Waals surface area (Å²) < 4.78 is 83.0. The zero-order chi connectivity index (χ0) is 68.6. The summed E-state index contributed by atoms with van der Waals surface area (Å²) in [4.78, 5) is 0. The topological polar surface area (TPSA) is 120 Å². The van der Waals surface area contributed by atoms with Gasteiger partial charge in [0.1, 0.15) is 51.3 Å². The highest BCUT2D eigenvalue weighted by Gasteiger charge is 2.41. The van der Waals surface area contributed by atoms with E-state index in [1.54, 1.807) is 42.7 Å². The Balaban J connectivity index is 0.969. The van der Waals surface area contributed by atoms with Gasteiger partial charge in [0.2, 0.25) is 0 Å². The fraction of sp³-hybridized carbons (Fsp3) is 0.365. The molecule has 9 aromatic carbocycles. The Morgan fingerprint density at radius 2 is 0.418 bits per heavy atom. The smallest absolute Gasteiger partial charge is 0.143 e. The lowest BCUT2D eigenvalue weighted by molar-refractivity contribution is -0.113. The summed E-state index contributed by atoms with van der Waals surface area (Å²) in [5, 5.41) is 0. The molecule has 0 aromatic heterocycles. The monoisotopic (exact) mass is 1330 g/mol. The predicted molar refractivity (Wildman–Crippen MR) is 388 cm³/mol. The third kappa shape index (κ3) is 19.0. The van der Waals surface area contributed by atoms with Crippen molar-refractivity contribution >= 4 is 0 Å². The van der Waals surface area contributed by atoms with Gasteiger partial charge in [-0.3, -0.25) is 0 Å². The lowest BCUT2D eigenvalue weighted by Crippen LogP contribution is -2.42. The van der Waals surface area contributed by atoms with Crippen LogP contribution >= 0.6 is 0 Å². The van der Waals surface area contributed by atoms with Gasteiger partial charge in [-0.1, -0.05) is 203 Å². The molecule has 0 saturated carbocycles. The van der Waals surface area contributed by atoms with Crippen LogP contribution in [0.1, 0.15) is 115 Å². The second-order valence-corrected chi connectivity index (χ2v) is 24.6. The Hall–Kier alpha value is -8.50. The number of hydrogen-bond acceptors (Lipinski definition) is 13. The Morgan fingerprint density at radius 3 is 0.643 bits per heavy atom. The predicted octanol–water partition coefficient (Wildman–Crippen LogP) is 17.6. The first-order valence-corrected chi connectivity index (χ1v) is 34.5. The molecule has 9 aromatic rings. The van der Waals surface area contributed by atoms with E-state index in [1.165, 1.54) is 25.7 Å². The van der Waals surface area contributed by atoms with Crippen LogP contribution in [0.15, 0.2) is 237 Å². The summed E-state index contributed by atoms with van der Waals surface area (Å²) >= 11 is 0. The van der Waals surface area contributed by atoms with E-state index >= 15 is 0 Å². The van der Waals surface area contributed by atoms with Crippen LogP contribution in [0.3, 0.4) is 0 Å². The average Bonchev–Trinajstić information content (AvgIpc) is 0.772. The van der Waals surface area contributed by atoms with Crippen molar-refractivity contribution in [1.29, 1.82) is 0 Å². The van der Waals surface area contributed by atoms with Gasteiger partial charge in [0, 0.05) is 26.4 Å². The first-order chi connectivity index (χ1) is 48.2. The molecule has 0 radical (unpaired) electrons. The van der Waals surface area contributed by atoms with Gasteiger partial charge in [-0.2, -0.15) is 0 Å². The third-order valence-electron chi connectivity index (χ3n) is 18.1. The molecular weight excluding hydrogens is 1230 g/mol. The van der Waals surface area contributed by atoms with Gasteiger partial charge in [-0.05, 0) is 149 Å². The molecule has 518 valence electrons. The van der Waals surface area contributed by atoms with Crippen molar-refractivity contribution in [1.82, 2.24) is 0 Å². The second-order valence-electron chi connectivity index (χ2n) is 24.6. The zero-order valence-electron chi connectivity index (χ0n) is 58.5. The quantitative estimate of drug-likeness (QED) is 0.0266. The van der Waals surface area contributed by atoms with E-state index in [-0.39, 0.29) is 0 Å². The fourth-order valence-electron chi connectivity index (χ4n) is 12.8. The minimum Gasteiger partial charge on any atom is -0.497 e. The van der Waals surface area contributed by atoms with Crippen LogP contribution in [0.4, 0.5) is 0 Å². The minimum atomic E-state index is -0.975. The van der Waals surface area contributed by atoms with Gasteiger partial charge in [0.25, 0.3) is 0 Å². The van der Waals surface area contributed by atoms with E-state index in [1.807, 2.05) is 127 Å². The largest absolute Gasteiger partial charge is 0.497 e. The Kier molecular flexibility index (Phi) is 29.0. The summed E-state index contributed by atoms with van der Waals surface area (Å²) in [6.07, 6.45) is 8.65. The number of benzene rings is 9. The molecule has 0 bridgehead atoms. The minimum absolute atomic E-state index is 0.301. The van der Waals surface area contributed by atoms with Gasteiger partial charge in [0.05, 0.1) is 94.3 Å². The molecule has 9 rings (SSSR count). The van der Waals surface area contributed by atoms with E-state index in [9.17, 15) is 0 Å². The number of ether oxygens (including phenoxy) is 13. The third-order valence-corrected chi connectivity index (χ3v) is 18.1.